The lowest BCUT2D eigenvalue weighted by molar-refractivity contribution is 0.225. The Morgan fingerprint density at radius 1 is 0.722 bits per heavy atom. The van der Waals surface area contributed by atoms with Crippen LogP contribution in [0.4, 0.5) is 0 Å². The highest BCUT2D eigenvalue weighted by Crippen LogP contribution is 2.53. The van der Waals surface area contributed by atoms with Crippen LogP contribution in [-0.2, 0) is 13.4 Å². The molecule has 112 valence electrons. The Hall–Kier alpha value is 0.180. The highest BCUT2D eigenvalue weighted by Gasteiger charge is 2.27. The van der Waals surface area contributed by atoms with Gasteiger partial charge in [0.05, 0.1) is 0 Å². The number of unbranched alkanes of at least 4 members (excludes halogenated alkanes) is 4. The summed E-state index contributed by atoms with van der Waals surface area (Å²) in [6, 6.07) is 0. The Bertz CT molecular complexity index is 251. The van der Waals surface area contributed by atoms with Crippen molar-refractivity contribution >= 4 is 15.6 Å². The number of hydrogen-bond acceptors (Lipinski definition) is 5. The van der Waals surface area contributed by atoms with Gasteiger partial charge in [-0.2, -0.15) is 4.31 Å². The van der Waals surface area contributed by atoms with Gasteiger partial charge in [0, 0.05) is 0 Å². The smallest absolute Gasteiger partial charge is 0.330 e. The van der Waals surface area contributed by atoms with Crippen molar-refractivity contribution in [3.05, 3.63) is 0 Å². The SMILES string of the molecule is NCCCCCCCN.O=P(O)(O)OP(=O)(O)O. The standard InChI is InChI=1S/C7H18N2.H4O7P2/c8-6-4-2-1-3-5-7-9;1-8(2,3)7-9(4,5)6/h1-9H2;(H2,1,2,3)(H2,4,5,6). The van der Waals surface area contributed by atoms with E-state index >= 15 is 0 Å². The van der Waals surface area contributed by atoms with Gasteiger partial charge in [0.25, 0.3) is 0 Å². The molecule has 0 bridgehead atoms. The summed E-state index contributed by atoms with van der Waals surface area (Å²) in [5.74, 6) is 0. The lowest BCUT2D eigenvalue weighted by atomic mass is 10.1. The van der Waals surface area contributed by atoms with Crippen LogP contribution < -0.4 is 11.5 Å². The first-order chi connectivity index (χ1) is 8.12. The first kappa shape index (κ1) is 20.5. The predicted octanol–water partition coefficient (Wildman–Crippen LogP) is 0.0427. The van der Waals surface area contributed by atoms with Crippen LogP contribution in [0, 0.1) is 0 Å². The molecule has 11 heteroatoms. The maximum absolute atomic E-state index is 9.63. The highest BCUT2D eigenvalue weighted by molar-refractivity contribution is 7.60. The van der Waals surface area contributed by atoms with Crippen molar-refractivity contribution in [3.63, 3.8) is 0 Å². The van der Waals surface area contributed by atoms with Crippen LogP contribution in [0.25, 0.3) is 0 Å². The molecule has 8 N–H and O–H groups in total. The van der Waals surface area contributed by atoms with Gasteiger partial charge in [-0.25, -0.2) is 9.13 Å². The number of hydrogen-bond donors (Lipinski definition) is 6. The van der Waals surface area contributed by atoms with Crippen molar-refractivity contribution in [2.75, 3.05) is 13.1 Å². The summed E-state index contributed by atoms with van der Waals surface area (Å²) in [6.45, 7) is 1.67. The molecule has 0 aliphatic carbocycles. The van der Waals surface area contributed by atoms with Crippen molar-refractivity contribution in [1.82, 2.24) is 0 Å². The Kier molecular flexibility index (Phi) is 12.6. The summed E-state index contributed by atoms with van der Waals surface area (Å²) in [6.07, 6.45) is 6.19. The zero-order valence-corrected chi connectivity index (χ0v) is 11.8. The molecule has 0 amide bonds. The van der Waals surface area contributed by atoms with Gasteiger partial charge >= 0.3 is 15.6 Å². The van der Waals surface area contributed by atoms with Crippen molar-refractivity contribution in [2.45, 2.75) is 32.1 Å². The summed E-state index contributed by atoms with van der Waals surface area (Å²) < 4.78 is 22.2. The second kappa shape index (κ2) is 11.0. The number of rotatable bonds is 8. The van der Waals surface area contributed by atoms with Gasteiger partial charge in [-0.3, -0.25) is 0 Å². The zero-order chi connectivity index (χ0) is 14.7. The van der Waals surface area contributed by atoms with E-state index in [1.807, 2.05) is 0 Å². The normalized spacial score (nSPS) is 11.9. The van der Waals surface area contributed by atoms with Gasteiger partial charge in [-0.1, -0.05) is 19.3 Å². The molecule has 18 heavy (non-hydrogen) atoms. The fourth-order valence-corrected chi connectivity index (χ4v) is 2.07. The van der Waals surface area contributed by atoms with Crippen LogP contribution in [0.5, 0.6) is 0 Å². The topological polar surface area (TPSA) is 176 Å². The van der Waals surface area contributed by atoms with E-state index in [0.29, 0.717) is 0 Å². The molecule has 0 heterocycles. The van der Waals surface area contributed by atoms with E-state index in [9.17, 15) is 9.13 Å². The lowest BCUT2D eigenvalue weighted by Crippen LogP contribution is -1.99. The molecule has 0 aromatic carbocycles. The minimum atomic E-state index is -5.05. The first-order valence-electron chi connectivity index (χ1n) is 5.35. The molecular formula is C7H22N2O7P2. The quantitative estimate of drug-likeness (QED) is 0.267. The van der Waals surface area contributed by atoms with E-state index in [1.54, 1.807) is 0 Å². The minimum absolute atomic E-state index is 0.836. The summed E-state index contributed by atoms with van der Waals surface area (Å²) in [7, 11) is -10.1. The fourth-order valence-electron chi connectivity index (χ4n) is 0.958. The summed E-state index contributed by atoms with van der Waals surface area (Å²) in [4.78, 5) is 31.0. The largest absolute Gasteiger partial charge is 0.478 e. The Morgan fingerprint density at radius 3 is 1.17 bits per heavy atom. The fraction of sp³-hybridized carbons (Fsp3) is 1.00. The summed E-state index contributed by atoms with van der Waals surface area (Å²) in [5, 5.41) is 0. The molecule has 0 saturated carbocycles. The van der Waals surface area contributed by atoms with Gasteiger partial charge in [0.1, 0.15) is 0 Å². The second-order valence-corrected chi connectivity index (χ2v) is 6.02. The van der Waals surface area contributed by atoms with Crippen LogP contribution in [0.2, 0.25) is 0 Å². The lowest BCUT2D eigenvalue weighted by Gasteiger charge is -2.03. The zero-order valence-electron chi connectivity index (χ0n) is 10.0. The second-order valence-electron chi connectivity index (χ2n) is 3.41. The Labute approximate surface area is 106 Å². The van der Waals surface area contributed by atoms with Gasteiger partial charge in [-0.15, -0.1) is 0 Å². The molecule has 0 aromatic rings. The predicted molar refractivity (Wildman–Crippen MR) is 66.4 cm³/mol. The van der Waals surface area contributed by atoms with E-state index in [-0.39, 0.29) is 0 Å². The summed E-state index contributed by atoms with van der Waals surface area (Å²) in [5.41, 5.74) is 10.6. The average Bonchev–Trinajstić information content (AvgIpc) is 2.13. The van der Waals surface area contributed by atoms with Crippen LogP contribution >= 0.6 is 15.6 Å². The van der Waals surface area contributed by atoms with Gasteiger partial charge in [0.2, 0.25) is 0 Å². The van der Waals surface area contributed by atoms with Gasteiger partial charge in [-0.05, 0) is 25.9 Å². The molecule has 9 nitrogen and oxygen atoms in total. The van der Waals surface area contributed by atoms with Crippen LogP contribution in [0.3, 0.4) is 0 Å². The van der Waals surface area contributed by atoms with E-state index < -0.39 is 15.6 Å². The molecule has 0 saturated heterocycles. The minimum Gasteiger partial charge on any atom is -0.330 e. The van der Waals surface area contributed by atoms with Crippen molar-refractivity contribution in [3.8, 4) is 0 Å². The number of phosphoric acid groups is 2. The molecule has 0 aliphatic rings. The van der Waals surface area contributed by atoms with E-state index in [2.05, 4.69) is 4.31 Å². The summed E-state index contributed by atoms with van der Waals surface area (Å²) >= 11 is 0. The third-order valence-electron chi connectivity index (χ3n) is 1.62. The third kappa shape index (κ3) is 25.1. The maximum Gasteiger partial charge on any atom is 0.478 e. The van der Waals surface area contributed by atoms with Crippen LogP contribution in [-0.4, -0.2) is 32.7 Å². The molecule has 0 unspecified atom stereocenters. The van der Waals surface area contributed by atoms with Crippen molar-refractivity contribution < 1.29 is 33.0 Å². The molecular weight excluding hydrogens is 286 g/mol. The Balaban J connectivity index is 0. The molecule has 0 spiro atoms. The van der Waals surface area contributed by atoms with Gasteiger partial charge in [0.15, 0.2) is 0 Å². The molecule has 0 aliphatic heterocycles. The first-order valence-corrected chi connectivity index (χ1v) is 8.41. The molecule has 0 radical (unpaired) electrons. The molecule has 0 atom stereocenters. The average molecular weight is 308 g/mol. The number of nitrogens with two attached hydrogens (primary N) is 2. The monoisotopic (exact) mass is 308 g/mol. The maximum atomic E-state index is 9.63. The molecule has 0 fully saturated rings. The van der Waals surface area contributed by atoms with Gasteiger partial charge < -0.3 is 31.0 Å². The highest BCUT2D eigenvalue weighted by atomic mass is 31.3. The van der Waals surface area contributed by atoms with E-state index in [0.717, 1.165) is 13.1 Å². The van der Waals surface area contributed by atoms with E-state index in [1.165, 1.54) is 32.1 Å². The third-order valence-corrected chi connectivity index (χ3v) is 3.32. The molecule has 0 aromatic heterocycles. The van der Waals surface area contributed by atoms with Crippen molar-refractivity contribution in [1.29, 1.82) is 0 Å². The molecule has 0 rings (SSSR count). The van der Waals surface area contributed by atoms with Crippen molar-refractivity contribution in [2.24, 2.45) is 11.5 Å². The van der Waals surface area contributed by atoms with E-state index in [4.69, 9.17) is 31.0 Å². The van der Waals surface area contributed by atoms with Crippen LogP contribution in [0.1, 0.15) is 32.1 Å². The Morgan fingerprint density at radius 2 is 1.00 bits per heavy atom. The van der Waals surface area contributed by atoms with Crippen LogP contribution in [0.15, 0.2) is 0 Å².